The van der Waals surface area contributed by atoms with Gasteiger partial charge in [0.05, 0.1) is 17.9 Å². The van der Waals surface area contributed by atoms with E-state index in [1.807, 2.05) is 0 Å². The second kappa shape index (κ2) is 9.04. The summed E-state index contributed by atoms with van der Waals surface area (Å²) in [5, 5.41) is 15.2. The summed E-state index contributed by atoms with van der Waals surface area (Å²) in [7, 11) is 4.70. The molecule has 9 nitrogen and oxygen atoms in total. The summed E-state index contributed by atoms with van der Waals surface area (Å²) >= 11 is 0. The zero-order valence-electron chi connectivity index (χ0n) is 18.7. The van der Waals surface area contributed by atoms with Gasteiger partial charge in [-0.2, -0.15) is 0 Å². The molecule has 174 valence electrons. The molecule has 4 saturated carbocycles. The van der Waals surface area contributed by atoms with Crippen molar-refractivity contribution in [3.05, 3.63) is 0 Å². The standard InChI is InChI=1S/C22H35N3O6/c1-25(2)20(30)23-7-5-4-6-16(17(26)27)24-18(28)21-9-14-8-15(10-21)12-22(11-14,13-21)19(29)31-3/h14-16H,4-13H2,1-3H3,(H,23,30)(H,24,28)(H,26,27)/t14?,15?,16-,21?,22?/m0/s1. The third kappa shape index (κ3) is 4.80. The van der Waals surface area contributed by atoms with E-state index in [2.05, 4.69) is 10.6 Å². The number of rotatable bonds is 9. The molecule has 4 aliphatic rings. The number of ether oxygens (including phenoxy) is 1. The van der Waals surface area contributed by atoms with Crippen LogP contribution < -0.4 is 10.6 Å². The zero-order valence-corrected chi connectivity index (χ0v) is 18.7. The number of unbranched alkanes of at least 4 members (excludes halogenated alkanes) is 1. The van der Waals surface area contributed by atoms with Gasteiger partial charge in [-0.05, 0) is 69.6 Å². The molecule has 0 aromatic carbocycles. The van der Waals surface area contributed by atoms with Gasteiger partial charge in [0.2, 0.25) is 5.91 Å². The lowest BCUT2D eigenvalue weighted by molar-refractivity contribution is -0.182. The van der Waals surface area contributed by atoms with Gasteiger partial charge in [-0.15, -0.1) is 0 Å². The van der Waals surface area contributed by atoms with Crippen molar-refractivity contribution in [2.45, 2.75) is 63.8 Å². The summed E-state index contributed by atoms with van der Waals surface area (Å²) in [5.74, 6) is -0.890. The first-order chi connectivity index (χ1) is 14.6. The molecule has 0 heterocycles. The molecule has 9 heteroatoms. The van der Waals surface area contributed by atoms with Crippen LogP contribution in [0.5, 0.6) is 0 Å². The maximum Gasteiger partial charge on any atom is 0.326 e. The van der Waals surface area contributed by atoms with Crippen molar-refractivity contribution in [3.63, 3.8) is 0 Å². The summed E-state index contributed by atoms with van der Waals surface area (Å²) < 4.78 is 5.09. The Hall–Kier alpha value is -2.32. The summed E-state index contributed by atoms with van der Waals surface area (Å²) in [6, 6.07) is -1.16. The van der Waals surface area contributed by atoms with E-state index in [1.165, 1.54) is 12.0 Å². The third-order valence-electron chi connectivity index (χ3n) is 7.37. The van der Waals surface area contributed by atoms with Crippen molar-refractivity contribution in [1.82, 2.24) is 15.5 Å². The molecule has 31 heavy (non-hydrogen) atoms. The molecule has 0 saturated heterocycles. The van der Waals surface area contributed by atoms with Crippen LogP contribution in [0.1, 0.15) is 57.8 Å². The fourth-order valence-corrected chi connectivity index (χ4v) is 6.38. The first kappa shape index (κ1) is 23.3. The molecule has 4 bridgehead atoms. The van der Waals surface area contributed by atoms with E-state index in [4.69, 9.17) is 4.74 Å². The first-order valence-electron chi connectivity index (χ1n) is 11.2. The minimum absolute atomic E-state index is 0.190. The minimum atomic E-state index is -1.06. The zero-order chi connectivity index (χ0) is 22.8. The average molecular weight is 438 g/mol. The Morgan fingerprint density at radius 2 is 1.68 bits per heavy atom. The number of nitrogens with one attached hydrogen (secondary N) is 2. The van der Waals surface area contributed by atoms with Crippen molar-refractivity contribution in [3.8, 4) is 0 Å². The van der Waals surface area contributed by atoms with Gasteiger partial charge in [0, 0.05) is 20.6 Å². The van der Waals surface area contributed by atoms with E-state index < -0.39 is 22.8 Å². The van der Waals surface area contributed by atoms with E-state index in [0.717, 1.165) is 32.1 Å². The van der Waals surface area contributed by atoms with E-state index in [9.17, 15) is 24.3 Å². The van der Waals surface area contributed by atoms with Gasteiger partial charge in [-0.3, -0.25) is 9.59 Å². The molecule has 0 aromatic heterocycles. The Morgan fingerprint density at radius 1 is 1.06 bits per heavy atom. The minimum Gasteiger partial charge on any atom is -0.480 e. The van der Waals surface area contributed by atoms with Crippen LogP contribution in [0.2, 0.25) is 0 Å². The molecular weight excluding hydrogens is 402 g/mol. The average Bonchev–Trinajstić information content (AvgIpc) is 2.70. The van der Waals surface area contributed by atoms with Crippen LogP contribution in [0.25, 0.3) is 0 Å². The molecule has 3 N–H and O–H groups in total. The van der Waals surface area contributed by atoms with Gasteiger partial charge in [-0.1, -0.05) is 0 Å². The lowest BCUT2D eigenvalue weighted by Gasteiger charge is -2.59. The number of hydrogen-bond donors (Lipinski definition) is 3. The van der Waals surface area contributed by atoms with Crippen molar-refractivity contribution in [2.24, 2.45) is 22.7 Å². The Balaban J connectivity index is 1.59. The largest absolute Gasteiger partial charge is 0.480 e. The maximum atomic E-state index is 13.3. The normalized spacial score (nSPS) is 31.6. The van der Waals surface area contributed by atoms with Crippen molar-refractivity contribution in [2.75, 3.05) is 27.7 Å². The number of amides is 3. The van der Waals surface area contributed by atoms with Gasteiger partial charge in [0.25, 0.3) is 0 Å². The van der Waals surface area contributed by atoms with E-state index in [1.54, 1.807) is 14.1 Å². The maximum absolute atomic E-state index is 13.3. The quantitative estimate of drug-likeness (QED) is 0.373. The molecule has 4 rings (SSSR count). The molecule has 0 aromatic rings. The summed E-state index contributed by atoms with van der Waals surface area (Å²) in [5.41, 5.74) is -1.27. The molecule has 0 aliphatic heterocycles. The van der Waals surface area contributed by atoms with Crippen LogP contribution in [0.3, 0.4) is 0 Å². The molecule has 3 amide bonds. The number of carbonyl (C=O) groups is 4. The Kier molecular flexibility index (Phi) is 6.81. The topological polar surface area (TPSA) is 125 Å². The van der Waals surface area contributed by atoms with E-state index in [0.29, 0.717) is 44.1 Å². The Bertz CT molecular complexity index is 723. The number of carboxylic acid groups (broad SMARTS) is 1. The van der Waals surface area contributed by atoms with Crippen molar-refractivity contribution in [1.29, 1.82) is 0 Å². The Labute approximate surface area is 183 Å². The highest BCUT2D eigenvalue weighted by atomic mass is 16.5. The number of carboxylic acids is 1. The number of urea groups is 1. The highest BCUT2D eigenvalue weighted by Gasteiger charge is 2.63. The summed E-state index contributed by atoms with van der Waals surface area (Å²) in [6.07, 6.45) is 5.95. The number of hydrogen-bond acceptors (Lipinski definition) is 5. The van der Waals surface area contributed by atoms with Crippen LogP contribution in [0.15, 0.2) is 0 Å². The van der Waals surface area contributed by atoms with Gasteiger partial charge in [0.1, 0.15) is 6.04 Å². The molecule has 3 atom stereocenters. The van der Waals surface area contributed by atoms with Gasteiger partial charge < -0.3 is 25.4 Å². The number of nitrogens with zero attached hydrogens (tertiary/aromatic N) is 1. The number of aliphatic carboxylic acids is 1. The number of carbonyl (C=O) groups excluding carboxylic acids is 3. The van der Waals surface area contributed by atoms with E-state index in [-0.39, 0.29) is 17.9 Å². The first-order valence-corrected chi connectivity index (χ1v) is 11.2. The second-order valence-corrected chi connectivity index (χ2v) is 10.00. The van der Waals surface area contributed by atoms with E-state index >= 15 is 0 Å². The van der Waals surface area contributed by atoms with Crippen molar-refractivity contribution >= 4 is 23.9 Å². The smallest absolute Gasteiger partial charge is 0.326 e. The lowest BCUT2D eigenvalue weighted by Crippen LogP contribution is -2.61. The highest BCUT2D eigenvalue weighted by molar-refractivity contribution is 5.89. The predicted octanol–water partition coefficient (Wildman–Crippen LogP) is 1.76. The van der Waals surface area contributed by atoms with Crippen LogP contribution in [0.4, 0.5) is 4.79 Å². The fourth-order valence-electron chi connectivity index (χ4n) is 6.38. The van der Waals surface area contributed by atoms with Gasteiger partial charge >= 0.3 is 18.0 Å². The van der Waals surface area contributed by atoms with Gasteiger partial charge in [0.15, 0.2) is 0 Å². The highest BCUT2D eigenvalue weighted by Crippen LogP contribution is 2.65. The summed E-state index contributed by atoms with van der Waals surface area (Å²) in [6.45, 7) is 0.451. The molecule has 4 aliphatic carbocycles. The summed E-state index contributed by atoms with van der Waals surface area (Å²) in [4.78, 5) is 50.6. The fraction of sp³-hybridized carbons (Fsp3) is 0.818. The third-order valence-corrected chi connectivity index (χ3v) is 7.37. The molecule has 2 unspecified atom stereocenters. The lowest BCUT2D eigenvalue weighted by atomic mass is 9.44. The van der Waals surface area contributed by atoms with Crippen LogP contribution in [-0.4, -0.2) is 67.7 Å². The molecule has 0 spiro atoms. The van der Waals surface area contributed by atoms with Crippen LogP contribution in [-0.2, 0) is 19.1 Å². The van der Waals surface area contributed by atoms with Crippen LogP contribution in [0, 0.1) is 22.7 Å². The van der Waals surface area contributed by atoms with Gasteiger partial charge in [-0.25, -0.2) is 9.59 Å². The molecule has 4 fully saturated rings. The molecule has 0 radical (unpaired) electrons. The second-order valence-electron chi connectivity index (χ2n) is 10.00. The monoisotopic (exact) mass is 437 g/mol. The van der Waals surface area contributed by atoms with Crippen molar-refractivity contribution < 1.29 is 29.0 Å². The van der Waals surface area contributed by atoms with Crippen LogP contribution >= 0.6 is 0 Å². The Morgan fingerprint density at radius 3 is 2.23 bits per heavy atom. The number of esters is 1. The molecular formula is C22H35N3O6. The predicted molar refractivity (Wildman–Crippen MR) is 112 cm³/mol. The number of methoxy groups -OCH3 is 1. The SMILES string of the molecule is COC(=O)C12CC3CC(CC(C(=O)N[C@@H](CCCCNC(=O)N(C)C)C(=O)O)(C3)C1)C2.